The summed E-state index contributed by atoms with van der Waals surface area (Å²) < 4.78 is 76.0. The van der Waals surface area contributed by atoms with E-state index in [2.05, 4.69) is 0 Å². The molecule has 0 aromatic heterocycles. The summed E-state index contributed by atoms with van der Waals surface area (Å²) in [4.78, 5) is 11.4. The molecular formula is C11H9F6NO2. The minimum absolute atomic E-state index is 0.425. The molecule has 1 rings (SSSR count). The fourth-order valence-corrected chi connectivity index (χ4v) is 1.29. The molecule has 0 unspecified atom stereocenters. The predicted octanol–water partition coefficient (Wildman–Crippen LogP) is 2.20. The van der Waals surface area contributed by atoms with Crippen LogP contribution in [0, 0.1) is 5.82 Å². The van der Waals surface area contributed by atoms with Crippen LogP contribution in [0.2, 0.25) is 0 Å². The Balaban J connectivity index is 2.95. The number of carbonyl (C=O) groups is 1. The molecule has 2 N–H and O–H groups in total. The van der Waals surface area contributed by atoms with Crippen LogP contribution in [-0.4, -0.2) is 30.1 Å². The summed E-state index contributed by atoms with van der Waals surface area (Å²) in [5.74, 6) is -6.92. The highest BCUT2D eigenvalue weighted by molar-refractivity contribution is 5.94. The first-order chi connectivity index (χ1) is 9.08. The summed E-state index contributed by atoms with van der Waals surface area (Å²) in [6.45, 7) is -2.88. The zero-order valence-electron chi connectivity index (χ0n) is 9.77. The van der Waals surface area contributed by atoms with Gasteiger partial charge in [0, 0.05) is 0 Å². The topological polar surface area (TPSA) is 49.3 Å². The van der Waals surface area contributed by atoms with Crippen LogP contribution in [0.1, 0.15) is 15.9 Å². The van der Waals surface area contributed by atoms with E-state index >= 15 is 0 Å². The molecule has 1 aromatic rings. The van der Waals surface area contributed by atoms with Gasteiger partial charge in [0.1, 0.15) is 12.4 Å². The van der Waals surface area contributed by atoms with Crippen LogP contribution in [0.3, 0.4) is 0 Å². The van der Waals surface area contributed by atoms with Crippen molar-refractivity contribution in [3.8, 4) is 0 Å². The molecular weight excluding hydrogens is 292 g/mol. The first-order valence-corrected chi connectivity index (χ1v) is 5.21. The van der Waals surface area contributed by atoms with Crippen molar-refractivity contribution >= 4 is 5.91 Å². The average molecular weight is 301 g/mol. The second kappa shape index (κ2) is 5.70. The Hall–Kier alpha value is -1.77. The predicted molar refractivity (Wildman–Crippen MR) is 55.8 cm³/mol. The van der Waals surface area contributed by atoms with Gasteiger partial charge in [-0.2, -0.15) is 13.2 Å². The molecule has 9 heteroatoms. The number of hydrogen-bond acceptors (Lipinski definition) is 2. The highest BCUT2D eigenvalue weighted by Gasteiger charge is 2.36. The summed E-state index contributed by atoms with van der Waals surface area (Å²) in [6, 6.07) is 1.94. The summed E-state index contributed by atoms with van der Waals surface area (Å²) in [7, 11) is 0. The summed E-state index contributed by atoms with van der Waals surface area (Å²) in [5, 5.41) is 9.81. The Morgan fingerprint density at radius 3 is 2.30 bits per heavy atom. The Bertz CT molecular complexity index is 500. The fraction of sp³-hybridized carbons (Fsp3) is 0.364. The molecule has 1 aromatic carbocycles. The van der Waals surface area contributed by atoms with Gasteiger partial charge in [0.05, 0.1) is 17.7 Å². The summed E-state index contributed by atoms with van der Waals surface area (Å²) in [5.41, 5.74) is -2.67. The van der Waals surface area contributed by atoms with Gasteiger partial charge >= 0.3 is 6.18 Å². The van der Waals surface area contributed by atoms with Crippen LogP contribution in [0.4, 0.5) is 26.3 Å². The quantitative estimate of drug-likeness (QED) is 0.838. The minimum atomic E-state index is -5.00. The van der Waals surface area contributed by atoms with E-state index in [1.54, 1.807) is 5.32 Å². The van der Waals surface area contributed by atoms with E-state index in [-0.39, 0.29) is 0 Å². The van der Waals surface area contributed by atoms with Gasteiger partial charge in [-0.05, 0) is 12.1 Å². The molecule has 1 amide bonds. The summed E-state index contributed by atoms with van der Waals surface area (Å²) in [6.07, 6.45) is -5.00. The third kappa shape index (κ3) is 3.86. The van der Waals surface area contributed by atoms with Gasteiger partial charge in [-0.15, -0.1) is 0 Å². The Labute approximate surface area is 109 Å². The molecule has 0 aliphatic heterocycles. The number of nitrogens with one attached hydrogen (secondary N) is 1. The Morgan fingerprint density at radius 1 is 1.20 bits per heavy atom. The molecule has 0 heterocycles. The van der Waals surface area contributed by atoms with Gasteiger partial charge in [0.15, 0.2) is 0 Å². The molecule has 0 bridgehead atoms. The molecule has 0 atom stereocenters. The van der Waals surface area contributed by atoms with Crippen molar-refractivity contribution in [3.63, 3.8) is 0 Å². The number of rotatable bonds is 4. The molecule has 20 heavy (non-hydrogen) atoms. The second-order valence-electron chi connectivity index (χ2n) is 3.86. The first-order valence-electron chi connectivity index (χ1n) is 5.21. The lowest BCUT2D eigenvalue weighted by Crippen LogP contribution is -2.39. The monoisotopic (exact) mass is 301 g/mol. The van der Waals surface area contributed by atoms with Crippen LogP contribution in [0.15, 0.2) is 18.2 Å². The number of aliphatic hydroxyl groups excluding tert-OH is 1. The Morgan fingerprint density at radius 2 is 1.80 bits per heavy atom. The molecule has 0 spiro atoms. The van der Waals surface area contributed by atoms with Crippen molar-refractivity contribution in [2.75, 3.05) is 13.2 Å². The Kier molecular flexibility index (Phi) is 4.64. The average Bonchev–Trinajstić information content (AvgIpc) is 2.35. The van der Waals surface area contributed by atoms with Crippen molar-refractivity contribution in [2.45, 2.75) is 12.1 Å². The van der Waals surface area contributed by atoms with E-state index in [9.17, 15) is 31.1 Å². The number of amides is 1. The molecule has 0 aliphatic carbocycles. The van der Waals surface area contributed by atoms with Crippen molar-refractivity contribution in [1.29, 1.82) is 0 Å². The lowest BCUT2D eigenvalue weighted by atomic mass is 10.1. The lowest BCUT2D eigenvalue weighted by Gasteiger charge is -2.15. The fourth-order valence-electron chi connectivity index (χ4n) is 1.29. The van der Waals surface area contributed by atoms with Crippen molar-refractivity contribution in [1.82, 2.24) is 5.32 Å². The minimum Gasteiger partial charge on any atom is -0.390 e. The maximum absolute atomic E-state index is 13.5. The van der Waals surface area contributed by atoms with E-state index in [1.807, 2.05) is 0 Å². The number of carbonyl (C=O) groups excluding carboxylic acids is 1. The summed E-state index contributed by atoms with van der Waals surface area (Å²) >= 11 is 0. The van der Waals surface area contributed by atoms with Gasteiger partial charge in [0.2, 0.25) is 0 Å². The SMILES string of the molecule is O=C(NCC(F)(F)CO)c1cccc(C(F)(F)F)c1F. The molecule has 0 fully saturated rings. The van der Waals surface area contributed by atoms with Crippen LogP contribution >= 0.6 is 0 Å². The second-order valence-corrected chi connectivity index (χ2v) is 3.86. The maximum Gasteiger partial charge on any atom is 0.419 e. The standard InChI is InChI=1S/C11H9F6NO2/c12-8-6(2-1-3-7(8)11(15,16)17)9(20)18-4-10(13,14)5-19/h1-3,19H,4-5H2,(H,18,20). The number of benzene rings is 1. The number of halogens is 6. The first kappa shape index (κ1) is 16.3. The number of alkyl halides is 5. The van der Waals surface area contributed by atoms with E-state index in [0.29, 0.717) is 6.07 Å². The normalized spacial score (nSPS) is 12.3. The molecule has 0 radical (unpaired) electrons. The van der Waals surface area contributed by atoms with Gasteiger partial charge in [-0.1, -0.05) is 6.07 Å². The zero-order chi connectivity index (χ0) is 15.6. The van der Waals surface area contributed by atoms with Crippen molar-refractivity contribution < 1.29 is 36.2 Å². The third-order valence-corrected chi connectivity index (χ3v) is 2.29. The maximum atomic E-state index is 13.5. The lowest BCUT2D eigenvalue weighted by molar-refractivity contribution is -0.140. The third-order valence-electron chi connectivity index (χ3n) is 2.29. The smallest absolute Gasteiger partial charge is 0.390 e. The molecule has 3 nitrogen and oxygen atoms in total. The zero-order valence-corrected chi connectivity index (χ0v) is 9.77. The van der Waals surface area contributed by atoms with Crippen LogP contribution < -0.4 is 5.32 Å². The van der Waals surface area contributed by atoms with Crippen LogP contribution in [0.25, 0.3) is 0 Å². The van der Waals surface area contributed by atoms with Gasteiger partial charge in [-0.3, -0.25) is 4.79 Å². The number of hydrogen-bond donors (Lipinski definition) is 2. The van der Waals surface area contributed by atoms with E-state index in [4.69, 9.17) is 5.11 Å². The molecule has 112 valence electrons. The molecule has 0 saturated carbocycles. The highest BCUT2D eigenvalue weighted by Crippen LogP contribution is 2.32. The van der Waals surface area contributed by atoms with Crippen molar-refractivity contribution in [3.05, 3.63) is 35.1 Å². The van der Waals surface area contributed by atoms with E-state index in [1.165, 1.54) is 0 Å². The highest BCUT2D eigenvalue weighted by atomic mass is 19.4. The molecule has 0 aliphatic rings. The van der Waals surface area contributed by atoms with Crippen LogP contribution in [0.5, 0.6) is 0 Å². The van der Waals surface area contributed by atoms with Gasteiger partial charge < -0.3 is 10.4 Å². The molecule has 0 saturated heterocycles. The number of aliphatic hydroxyl groups is 1. The van der Waals surface area contributed by atoms with Crippen LogP contribution in [-0.2, 0) is 6.18 Å². The van der Waals surface area contributed by atoms with E-state index < -0.39 is 48.1 Å². The van der Waals surface area contributed by atoms with E-state index in [0.717, 1.165) is 12.1 Å². The largest absolute Gasteiger partial charge is 0.419 e. The van der Waals surface area contributed by atoms with Crippen molar-refractivity contribution in [2.24, 2.45) is 0 Å². The van der Waals surface area contributed by atoms with Gasteiger partial charge in [0.25, 0.3) is 11.8 Å². The van der Waals surface area contributed by atoms with Gasteiger partial charge in [-0.25, -0.2) is 13.2 Å².